The highest BCUT2D eigenvalue weighted by atomic mass is 16.6. The zero-order valence-corrected chi connectivity index (χ0v) is 10.5. The molecule has 0 aromatic rings. The SMILES string of the molecule is CCCNCC(C)NC(=O)OC(C)(C)C. The quantitative estimate of drug-likeness (QED) is 0.690. The van der Waals surface area contributed by atoms with Gasteiger partial charge in [0.25, 0.3) is 0 Å². The Morgan fingerprint density at radius 3 is 2.47 bits per heavy atom. The summed E-state index contributed by atoms with van der Waals surface area (Å²) in [4.78, 5) is 11.3. The Hall–Kier alpha value is -0.770. The molecule has 0 aromatic carbocycles. The van der Waals surface area contributed by atoms with Crippen LogP contribution in [-0.2, 0) is 4.74 Å². The first kappa shape index (κ1) is 14.2. The summed E-state index contributed by atoms with van der Waals surface area (Å²) in [5.74, 6) is 0. The molecule has 4 nitrogen and oxygen atoms in total. The summed E-state index contributed by atoms with van der Waals surface area (Å²) in [6, 6.07) is 0.0893. The maximum atomic E-state index is 11.3. The lowest BCUT2D eigenvalue weighted by atomic mass is 10.2. The van der Waals surface area contributed by atoms with Crippen LogP contribution in [0.15, 0.2) is 0 Å². The zero-order chi connectivity index (χ0) is 11.9. The van der Waals surface area contributed by atoms with Crippen molar-refractivity contribution in [3.05, 3.63) is 0 Å². The van der Waals surface area contributed by atoms with Gasteiger partial charge in [0.1, 0.15) is 5.60 Å². The predicted molar refractivity (Wildman–Crippen MR) is 62.0 cm³/mol. The van der Waals surface area contributed by atoms with Gasteiger partial charge in [-0.05, 0) is 40.7 Å². The number of hydrogen-bond donors (Lipinski definition) is 2. The molecule has 0 saturated heterocycles. The molecule has 0 fully saturated rings. The van der Waals surface area contributed by atoms with E-state index >= 15 is 0 Å². The van der Waals surface area contributed by atoms with Crippen molar-refractivity contribution in [3.63, 3.8) is 0 Å². The summed E-state index contributed by atoms with van der Waals surface area (Å²) in [5.41, 5.74) is -0.430. The van der Waals surface area contributed by atoms with Crippen LogP contribution in [0, 0.1) is 0 Å². The Balaban J connectivity index is 3.67. The van der Waals surface area contributed by atoms with Crippen molar-refractivity contribution in [1.82, 2.24) is 10.6 Å². The molecular formula is C11H24N2O2. The van der Waals surface area contributed by atoms with Crippen LogP contribution in [0.3, 0.4) is 0 Å². The molecular weight excluding hydrogens is 192 g/mol. The van der Waals surface area contributed by atoms with Gasteiger partial charge in [0.15, 0.2) is 0 Å². The van der Waals surface area contributed by atoms with E-state index in [0.717, 1.165) is 19.5 Å². The van der Waals surface area contributed by atoms with Crippen LogP contribution in [0.4, 0.5) is 4.79 Å². The first-order chi connectivity index (χ1) is 6.85. The Morgan fingerprint density at radius 1 is 1.40 bits per heavy atom. The van der Waals surface area contributed by atoms with Gasteiger partial charge in [0.05, 0.1) is 0 Å². The molecule has 0 heterocycles. The Bertz CT molecular complexity index is 188. The normalized spacial score (nSPS) is 13.4. The van der Waals surface area contributed by atoms with Crippen molar-refractivity contribution in [2.24, 2.45) is 0 Å². The Morgan fingerprint density at radius 2 is 2.00 bits per heavy atom. The topological polar surface area (TPSA) is 50.4 Å². The van der Waals surface area contributed by atoms with Crippen molar-refractivity contribution in [2.75, 3.05) is 13.1 Å². The summed E-state index contributed by atoms with van der Waals surface area (Å²) in [6.45, 7) is 11.4. The predicted octanol–water partition coefficient (Wildman–Crippen LogP) is 1.90. The second-order valence-corrected chi connectivity index (χ2v) is 4.75. The number of amides is 1. The molecule has 0 aliphatic carbocycles. The molecule has 1 unspecified atom stereocenters. The highest BCUT2D eigenvalue weighted by molar-refractivity contribution is 5.68. The van der Waals surface area contributed by atoms with E-state index in [4.69, 9.17) is 4.74 Å². The largest absolute Gasteiger partial charge is 0.444 e. The number of rotatable bonds is 5. The van der Waals surface area contributed by atoms with Crippen LogP contribution in [0.5, 0.6) is 0 Å². The summed E-state index contributed by atoms with van der Waals surface area (Å²) in [5, 5.41) is 6.00. The molecule has 15 heavy (non-hydrogen) atoms. The van der Waals surface area contributed by atoms with E-state index in [1.54, 1.807) is 0 Å². The van der Waals surface area contributed by atoms with Crippen LogP contribution in [0.1, 0.15) is 41.0 Å². The summed E-state index contributed by atoms with van der Waals surface area (Å²) in [7, 11) is 0. The Labute approximate surface area is 92.8 Å². The second kappa shape index (κ2) is 6.67. The monoisotopic (exact) mass is 216 g/mol. The summed E-state index contributed by atoms with van der Waals surface area (Å²) >= 11 is 0. The van der Waals surface area contributed by atoms with E-state index in [2.05, 4.69) is 17.6 Å². The lowest BCUT2D eigenvalue weighted by Gasteiger charge is -2.22. The van der Waals surface area contributed by atoms with E-state index < -0.39 is 5.60 Å². The molecule has 4 heteroatoms. The van der Waals surface area contributed by atoms with Crippen molar-refractivity contribution in [3.8, 4) is 0 Å². The van der Waals surface area contributed by atoms with E-state index in [1.807, 2.05) is 27.7 Å². The van der Waals surface area contributed by atoms with Gasteiger partial charge in [-0.2, -0.15) is 0 Å². The van der Waals surface area contributed by atoms with Crippen LogP contribution in [-0.4, -0.2) is 30.8 Å². The molecule has 1 amide bonds. The van der Waals surface area contributed by atoms with Gasteiger partial charge in [-0.15, -0.1) is 0 Å². The molecule has 90 valence electrons. The van der Waals surface area contributed by atoms with Gasteiger partial charge in [-0.3, -0.25) is 0 Å². The van der Waals surface area contributed by atoms with E-state index in [0.29, 0.717) is 0 Å². The van der Waals surface area contributed by atoms with Gasteiger partial charge >= 0.3 is 6.09 Å². The van der Waals surface area contributed by atoms with E-state index in [-0.39, 0.29) is 12.1 Å². The molecule has 0 saturated carbocycles. The van der Waals surface area contributed by atoms with Crippen molar-refractivity contribution in [1.29, 1.82) is 0 Å². The van der Waals surface area contributed by atoms with E-state index in [9.17, 15) is 4.79 Å². The Kier molecular flexibility index (Phi) is 6.32. The standard InChI is InChI=1S/C11H24N2O2/c1-6-7-12-8-9(2)13-10(14)15-11(3,4)5/h9,12H,6-8H2,1-5H3,(H,13,14). The van der Waals surface area contributed by atoms with Crippen LogP contribution >= 0.6 is 0 Å². The molecule has 0 rings (SSSR count). The number of nitrogens with one attached hydrogen (secondary N) is 2. The van der Waals surface area contributed by atoms with Crippen LogP contribution < -0.4 is 10.6 Å². The summed E-state index contributed by atoms with van der Waals surface area (Å²) in [6.07, 6.45) is 0.743. The first-order valence-electron chi connectivity index (χ1n) is 5.55. The zero-order valence-electron chi connectivity index (χ0n) is 10.5. The maximum Gasteiger partial charge on any atom is 0.407 e. The fourth-order valence-corrected chi connectivity index (χ4v) is 1.06. The minimum atomic E-state index is -0.430. The lowest BCUT2D eigenvalue weighted by molar-refractivity contribution is 0.0508. The molecule has 0 aliphatic rings. The molecule has 2 N–H and O–H groups in total. The third-order valence-electron chi connectivity index (χ3n) is 1.64. The van der Waals surface area contributed by atoms with Crippen molar-refractivity contribution in [2.45, 2.75) is 52.7 Å². The van der Waals surface area contributed by atoms with Crippen molar-refractivity contribution >= 4 is 6.09 Å². The molecule has 0 aliphatic heterocycles. The molecule has 0 spiro atoms. The first-order valence-corrected chi connectivity index (χ1v) is 5.55. The fraction of sp³-hybridized carbons (Fsp3) is 0.909. The van der Waals surface area contributed by atoms with Crippen LogP contribution in [0.25, 0.3) is 0 Å². The number of ether oxygens (including phenoxy) is 1. The lowest BCUT2D eigenvalue weighted by Crippen LogP contribution is -2.42. The molecule has 0 bridgehead atoms. The van der Waals surface area contributed by atoms with Gasteiger partial charge in [-0.1, -0.05) is 6.92 Å². The minimum Gasteiger partial charge on any atom is -0.444 e. The smallest absolute Gasteiger partial charge is 0.407 e. The number of carbonyl (C=O) groups is 1. The molecule has 1 atom stereocenters. The average molecular weight is 216 g/mol. The number of carbonyl (C=O) groups excluding carboxylic acids is 1. The van der Waals surface area contributed by atoms with Gasteiger partial charge < -0.3 is 15.4 Å². The van der Waals surface area contributed by atoms with Gasteiger partial charge in [0, 0.05) is 12.6 Å². The van der Waals surface area contributed by atoms with Crippen molar-refractivity contribution < 1.29 is 9.53 Å². The van der Waals surface area contributed by atoms with Gasteiger partial charge in [0.2, 0.25) is 0 Å². The number of alkyl carbamates (subject to hydrolysis) is 1. The van der Waals surface area contributed by atoms with Gasteiger partial charge in [-0.25, -0.2) is 4.79 Å². The third kappa shape index (κ3) is 9.53. The highest BCUT2D eigenvalue weighted by Gasteiger charge is 2.17. The maximum absolute atomic E-state index is 11.3. The van der Waals surface area contributed by atoms with Crippen LogP contribution in [0.2, 0.25) is 0 Å². The highest BCUT2D eigenvalue weighted by Crippen LogP contribution is 2.06. The molecule has 0 aromatic heterocycles. The average Bonchev–Trinajstić information content (AvgIpc) is 2.00. The third-order valence-corrected chi connectivity index (χ3v) is 1.64. The molecule has 0 radical (unpaired) electrons. The second-order valence-electron chi connectivity index (χ2n) is 4.75. The summed E-state index contributed by atoms with van der Waals surface area (Å²) < 4.78 is 5.14. The fourth-order valence-electron chi connectivity index (χ4n) is 1.06. The minimum absolute atomic E-state index is 0.0893. The van der Waals surface area contributed by atoms with E-state index in [1.165, 1.54) is 0 Å². The number of hydrogen-bond acceptors (Lipinski definition) is 3.